The number of hydrogen-bond acceptors (Lipinski definition) is 4. The van der Waals surface area contributed by atoms with Gasteiger partial charge in [-0.25, -0.2) is 9.37 Å². The molecule has 0 amide bonds. The summed E-state index contributed by atoms with van der Waals surface area (Å²) in [6, 6.07) is 1.75. The fourth-order valence-corrected chi connectivity index (χ4v) is 2.13. The molecule has 0 aliphatic carbocycles. The molecule has 1 aromatic heterocycles. The fraction of sp³-hybridized carbons (Fsp3) is 0.688. The Morgan fingerprint density at radius 2 is 2.00 bits per heavy atom. The summed E-state index contributed by atoms with van der Waals surface area (Å²) in [5, 5.41) is 3.17. The van der Waals surface area contributed by atoms with Crippen molar-refractivity contribution in [2.24, 2.45) is 5.92 Å². The van der Waals surface area contributed by atoms with Crippen LogP contribution in [0.2, 0.25) is 0 Å². The smallest absolute Gasteiger partial charge is 0.170 e. The maximum absolute atomic E-state index is 14.7. The van der Waals surface area contributed by atoms with Crippen LogP contribution in [0.5, 0.6) is 0 Å². The van der Waals surface area contributed by atoms with E-state index in [1.807, 2.05) is 21.0 Å². The molecule has 5 heteroatoms. The zero-order chi connectivity index (χ0) is 15.8. The number of nitrogens with one attached hydrogen (secondary N) is 1. The van der Waals surface area contributed by atoms with E-state index in [0.717, 1.165) is 26.2 Å². The van der Waals surface area contributed by atoms with E-state index in [0.29, 0.717) is 23.8 Å². The molecular formula is C16H29FN4. The lowest BCUT2D eigenvalue weighted by molar-refractivity contribution is 0.406. The predicted octanol–water partition coefficient (Wildman–Crippen LogP) is 2.35. The molecule has 0 bridgehead atoms. The van der Waals surface area contributed by atoms with E-state index in [2.05, 4.69) is 33.9 Å². The van der Waals surface area contributed by atoms with Crippen molar-refractivity contribution in [1.29, 1.82) is 0 Å². The summed E-state index contributed by atoms with van der Waals surface area (Å²) in [5.41, 5.74) is 0.681. The Hall–Kier alpha value is -1.20. The molecule has 1 aromatic rings. The van der Waals surface area contributed by atoms with Gasteiger partial charge < -0.3 is 15.1 Å². The van der Waals surface area contributed by atoms with Gasteiger partial charge in [-0.1, -0.05) is 20.8 Å². The van der Waals surface area contributed by atoms with Crippen molar-refractivity contribution in [3.8, 4) is 0 Å². The molecule has 0 radical (unpaired) electrons. The Kier molecular flexibility index (Phi) is 7.61. The molecule has 1 rings (SSSR count). The van der Waals surface area contributed by atoms with Gasteiger partial charge in [-0.05, 0) is 32.6 Å². The lowest BCUT2D eigenvalue weighted by atomic mass is 10.2. The van der Waals surface area contributed by atoms with E-state index in [9.17, 15) is 4.39 Å². The molecule has 0 atom stereocenters. The van der Waals surface area contributed by atoms with Crippen molar-refractivity contribution in [3.05, 3.63) is 23.6 Å². The van der Waals surface area contributed by atoms with Crippen LogP contribution >= 0.6 is 0 Å². The lowest BCUT2D eigenvalue weighted by Gasteiger charge is -2.27. The van der Waals surface area contributed by atoms with Crippen LogP contribution in [0, 0.1) is 11.7 Å². The first-order chi connectivity index (χ1) is 9.95. The minimum Gasteiger partial charge on any atom is -0.353 e. The SMILES string of the molecule is CCNCc1ccnc(N(CCN(C)C)CC(C)C)c1F. The first-order valence-electron chi connectivity index (χ1n) is 7.69. The number of likely N-dealkylation sites (N-methyl/N-ethyl adjacent to an activating group) is 1. The average Bonchev–Trinajstić information content (AvgIpc) is 2.42. The first kappa shape index (κ1) is 17.9. The van der Waals surface area contributed by atoms with E-state index in [1.165, 1.54) is 0 Å². The lowest BCUT2D eigenvalue weighted by Crippen LogP contribution is -2.35. The van der Waals surface area contributed by atoms with Crippen molar-refractivity contribution in [2.75, 3.05) is 45.2 Å². The number of halogens is 1. The van der Waals surface area contributed by atoms with E-state index in [1.54, 1.807) is 12.3 Å². The second-order valence-corrected chi connectivity index (χ2v) is 6.03. The van der Waals surface area contributed by atoms with Gasteiger partial charge in [0.15, 0.2) is 11.6 Å². The maximum atomic E-state index is 14.7. The van der Waals surface area contributed by atoms with Crippen LogP contribution in [0.25, 0.3) is 0 Å². The Balaban J connectivity index is 2.94. The summed E-state index contributed by atoms with van der Waals surface area (Å²) in [6.45, 7) is 10.1. The standard InChI is InChI=1S/C16H29FN4/c1-6-18-11-14-7-8-19-16(15(14)17)21(12-13(2)3)10-9-20(4)5/h7-8,13,18H,6,9-12H2,1-5H3. The number of rotatable bonds is 9. The minimum atomic E-state index is -0.196. The summed E-state index contributed by atoms with van der Waals surface area (Å²) >= 11 is 0. The van der Waals surface area contributed by atoms with Gasteiger partial charge in [-0.3, -0.25) is 0 Å². The molecule has 4 nitrogen and oxygen atoms in total. The van der Waals surface area contributed by atoms with Crippen LogP contribution in [0.4, 0.5) is 10.2 Å². The van der Waals surface area contributed by atoms with Gasteiger partial charge in [0.2, 0.25) is 0 Å². The van der Waals surface area contributed by atoms with Crippen LogP contribution in [0.1, 0.15) is 26.3 Å². The topological polar surface area (TPSA) is 31.4 Å². The van der Waals surface area contributed by atoms with E-state index < -0.39 is 0 Å². The molecular weight excluding hydrogens is 267 g/mol. The summed E-state index contributed by atoms with van der Waals surface area (Å²) in [5.74, 6) is 0.740. The molecule has 0 aliphatic heterocycles. The number of anilines is 1. The average molecular weight is 296 g/mol. The van der Waals surface area contributed by atoms with Gasteiger partial charge in [0.25, 0.3) is 0 Å². The molecule has 120 valence electrons. The number of nitrogens with zero attached hydrogens (tertiary/aromatic N) is 3. The van der Waals surface area contributed by atoms with E-state index >= 15 is 0 Å². The monoisotopic (exact) mass is 296 g/mol. The van der Waals surface area contributed by atoms with Crippen molar-refractivity contribution in [3.63, 3.8) is 0 Å². The Morgan fingerprint density at radius 3 is 2.57 bits per heavy atom. The van der Waals surface area contributed by atoms with Gasteiger partial charge in [-0.2, -0.15) is 0 Å². The third kappa shape index (κ3) is 5.98. The molecule has 21 heavy (non-hydrogen) atoms. The summed E-state index contributed by atoms with van der Waals surface area (Å²) in [7, 11) is 4.05. The van der Waals surface area contributed by atoms with Crippen LogP contribution in [-0.4, -0.2) is 50.2 Å². The Labute approximate surface area is 128 Å². The van der Waals surface area contributed by atoms with Gasteiger partial charge in [0, 0.05) is 37.9 Å². The molecule has 1 heterocycles. The van der Waals surface area contributed by atoms with Gasteiger partial charge >= 0.3 is 0 Å². The first-order valence-corrected chi connectivity index (χ1v) is 7.69. The maximum Gasteiger partial charge on any atom is 0.170 e. The van der Waals surface area contributed by atoms with Crippen LogP contribution < -0.4 is 10.2 Å². The normalized spacial score (nSPS) is 11.4. The zero-order valence-corrected chi connectivity index (χ0v) is 14.0. The van der Waals surface area contributed by atoms with Gasteiger partial charge in [0.05, 0.1) is 0 Å². The van der Waals surface area contributed by atoms with Crippen molar-refractivity contribution in [2.45, 2.75) is 27.3 Å². The second kappa shape index (κ2) is 8.95. The van der Waals surface area contributed by atoms with Crippen molar-refractivity contribution < 1.29 is 4.39 Å². The largest absolute Gasteiger partial charge is 0.353 e. The Bertz CT molecular complexity index is 421. The summed E-state index contributed by atoms with van der Waals surface area (Å²) in [6.07, 6.45) is 1.70. The fourth-order valence-electron chi connectivity index (χ4n) is 2.13. The molecule has 0 unspecified atom stereocenters. The second-order valence-electron chi connectivity index (χ2n) is 6.03. The number of hydrogen-bond donors (Lipinski definition) is 1. The van der Waals surface area contributed by atoms with Crippen LogP contribution in [0.15, 0.2) is 12.3 Å². The highest BCUT2D eigenvalue weighted by Gasteiger charge is 2.17. The summed E-state index contributed by atoms with van der Waals surface area (Å²) < 4.78 is 14.7. The molecule has 0 saturated carbocycles. The third-order valence-corrected chi connectivity index (χ3v) is 3.22. The van der Waals surface area contributed by atoms with Crippen molar-refractivity contribution in [1.82, 2.24) is 15.2 Å². The van der Waals surface area contributed by atoms with Gasteiger partial charge in [-0.15, -0.1) is 0 Å². The van der Waals surface area contributed by atoms with E-state index in [-0.39, 0.29) is 5.82 Å². The van der Waals surface area contributed by atoms with Crippen LogP contribution in [0.3, 0.4) is 0 Å². The van der Waals surface area contributed by atoms with E-state index in [4.69, 9.17) is 0 Å². The third-order valence-electron chi connectivity index (χ3n) is 3.22. The van der Waals surface area contributed by atoms with Gasteiger partial charge in [0.1, 0.15) is 0 Å². The predicted molar refractivity (Wildman–Crippen MR) is 87.2 cm³/mol. The minimum absolute atomic E-state index is 0.196. The number of pyridine rings is 1. The van der Waals surface area contributed by atoms with Crippen LogP contribution in [-0.2, 0) is 6.54 Å². The zero-order valence-electron chi connectivity index (χ0n) is 14.0. The summed E-state index contributed by atoms with van der Waals surface area (Å²) in [4.78, 5) is 8.44. The molecule has 0 saturated heterocycles. The Morgan fingerprint density at radius 1 is 1.29 bits per heavy atom. The highest BCUT2D eigenvalue weighted by atomic mass is 19.1. The molecule has 0 aliphatic rings. The number of aromatic nitrogens is 1. The van der Waals surface area contributed by atoms with Crippen molar-refractivity contribution >= 4 is 5.82 Å². The molecule has 0 aromatic carbocycles. The molecule has 0 spiro atoms. The highest BCUT2D eigenvalue weighted by Crippen LogP contribution is 2.20. The molecule has 1 N–H and O–H groups in total. The quantitative estimate of drug-likeness (QED) is 0.758. The molecule has 0 fully saturated rings. The highest BCUT2D eigenvalue weighted by molar-refractivity contribution is 5.43.